The Hall–Kier alpha value is -0.500. The quantitative estimate of drug-likeness (QED) is 0.562. The summed E-state index contributed by atoms with van der Waals surface area (Å²) < 4.78 is 0. The molecule has 1 aliphatic heterocycles. The largest absolute Gasteiger partial charge is 0.368 e. The Kier molecular flexibility index (Phi) is 2.55. The molecule has 0 aromatic rings. The Morgan fingerprint density at radius 3 is 2.45 bits per heavy atom. The van der Waals surface area contributed by atoms with Crippen molar-refractivity contribution in [3.05, 3.63) is 11.8 Å². The van der Waals surface area contributed by atoms with Crippen LogP contribution in [0.1, 0.15) is 13.8 Å². The van der Waals surface area contributed by atoms with Gasteiger partial charge in [-0.2, -0.15) is 0 Å². The predicted octanol–water partition coefficient (Wildman–Crippen LogP) is 1.36. The molecule has 1 heterocycles. The molecule has 0 atom stereocenters. The molecular formula is C9H18N2. The molecule has 2 nitrogen and oxygen atoms in total. The lowest BCUT2D eigenvalue weighted by Crippen LogP contribution is -2.37. The molecule has 64 valence electrons. The molecule has 0 aliphatic carbocycles. The molecule has 0 spiro atoms. The zero-order valence-electron chi connectivity index (χ0n) is 7.96. The lowest BCUT2D eigenvalue weighted by atomic mass is 10.0. The van der Waals surface area contributed by atoms with Gasteiger partial charge < -0.3 is 4.90 Å². The second-order valence-corrected chi connectivity index (χ2v) is 3.77. The molecule has 0 fully saturated rings. The van der Waals surface area contributed by atoms with Crippen LogP contribution in [0.25, 0.3) is 0 Å². The number of hydrogen-bond acceptors (Lipinski definition) is 2. The van der Waals surface area contributed by atoms with E-state index in [4.69, 9.17) is 0 Å². The molecule has 0 saturated carbocycles. The van der Waals surface area contributed by atoms with E-state index in [2.05, 4.69) is 43.9 Å². The molecule has 0 saturated heterocycles. The summed E-state index contributed by atoms with van der Waals surface area (Å²) in [6, 6.07) is 0. The third kappa shape index (κ3) is 2.22. The van der Waals surface area contributed by atoms with Crippen molar-refractivity contribution in [1.82, 2.24) is 9.80 Å². The van der Waals surface area contributed by atoms with Gasteiger partial charge in [0.15, 0.2) is 0 Å². The highest BCUT2D eigenvalue weighted by Crippen LogP contribution is 2.15. The molecule has 1 rings (SSSR count). The van der Waals surface area contributed by atoms with E-state index in [1.807, 2.05) is 0 Å². The average Bonchev–Trinajstić information content (AvgIpc) is 1.85. The number of likely N-dealkylation sites (N-methyl/N-ethyl adjacent to an activating group) is 1. The highest BCUT2D eigenvalue weighted by atomic mass is 15.3. The van der Waals surface area contributed by atoms with E-state index in [1.165, 1.54) is 5.57 Å². The fraction of sp³-hybridized carbons (Fsp3) is 0.778. The Bertz CT molecular complexity index is 161. The van der Waals surface area contributed by atoms with Gasteiger partial charge in [-0.3, -0.25) is 4.90 Å². The molecule has 0 bridgehead atoms. The van der Waals surface area contributed by atoms with Crippen LogP contribution in [0.4, 0.5) is 0 Å². The fourth-order valence-corrected chi connectivity index (χ4v) is 1.44. The third-order valence-corrected chi connectivity index (χ3v) is 2.04. The molecule has 0 amide bonds. The van der Waals surface area contributed by atoms with E-state index in [0.29, 0.717) is 5.92 Å². The number of rotatable bonds is 1. The fourth-order valence-electron chi connectivity index (χ4n) is 1.44. The number of nitrogens with zero attached hydrogens (tertiary/aromatic N) is 2. The first-order chi connectivity index (χ1) is 5.09. The van der Waals surface area contributed by atoms with Gasteiger partial charge in [0.05, 0.1) is 6.67 Å². The van der Waals surface area contributed by atoms with Crippen molar-refractivity contribution >= 4 is 0 Å². The van der Waals surface area contributed by atoms with Gasteiger partial charge in [0.2, 0.25) is 0 Å². The lowest BCUT2D eigenvalue weighted by Gasteiger charge is -2.32. The van der Waals surface area contributed by atoms with Gasteiger partial charge >= 0.3 is 0 Å². The lowest BCUT2D eigenvalue weighted by molar-refractivity contribution is 0.213. The standard InChI is InChI=1S/C9H18N2/c1-8(2)9-5-10(3)7-11(4)6-9/h5,8H,6-7H2,1-4H3. The summed E-state index contributed by atoms with van der Waals surface area (Å²) in [5.74, 6) is 0.681. The van der Waals surface area contributed by atoms with Crippen molar-refractivity contribution in [2.24, 2.45) is 5.92 Å². The second kappa shape index (κ2) is 3.26. The minimum atomic E-state index is 0.681. The minimum absolute atomic E-state index is 0.681. The van der Waals surface area contributed by atoms with Crippen LogP contribution in [0.5, 0.6) is 0 Å². The topological polar surface area (TPSA) is 6.48 Å². The SMILES string of the molecule is CC(C)C1=CN(C)CN(C)C1. The summed E-state index contributed by atoms with van der Waals surface area (Å²) in [5, 5.41) is 0. The first-order valence-corrected chi connectivity index (χ1v) is 4.19. The molecular weight excluding hydrogens is 136 g/mol. The first-order valence-electron chi connectivity index (χ1n) is 4.19. The summed E-state index contributed by atoms with van der Waals surface area (Å²) in [7, 11) is 4.28. The van der Waals surface area contributed by atoms with Gasteiger partial charge in [-0.05, 0) is 18.5 Å². The maximum Gasteiger partial charge on any atom is 0.0698 e. The highest BCUT2D eigenvalue weighted by molar-refractivity contribution is 5.08. The van der Waals surface area contributed by atoms with Crippen molar-refractivity contribution in [3.63, 3.8) is 0 Å². The maximum absolute atomic E-state index is 2.33. The van der Waals surface area contributed by atoms with Crippen LogP contribution in [0.15, 0.2) is 11.8 Å². The molecule has 2 heteroatoms. The van der Waals surface area contributed by atoms with Crippen LogP contribution in [-0.4, -0.2) is 37.1 Å². The van der Waals surface area contributed by atoms with Crippen LogP contribution < -0.4 is 0 Å². The smallest absolute Gasteiger partial charge is 0.0698 e. The Balaban J connectivity index is 2.64. The summed E-state index contributed by atoms with van der Waals surface area (Å²) in [6.45, 7) is 6.68. The van der Waals surface area contributed by atoms with E-state index in [1.54, 1.807) is 0 Å². The maximum atomic E-state index is 2.33. The molecule has 0 aromatic heterocycles. The molecule has 0 aromatic carbocycles. The van der Waals surface area contributed by atoms with Gasteiger partial charge in [-0.25, -0.2) is 0 Å². The van der Waals surface area contributed by atoms with Crippen LogP contribution in [0.3, 0.4) is 0 Å². The predicted molar refractivity (Wildman–Crippen MR) is 48.2 cm³/mol. The normalized spacial score (nSPS) is 20.8. The van der Waals surface area contributed by atoms with Crippen LogP contribution in [0, 0.1) is 5.92 Å². The van der Waals surface area contributed by atoms with Gasteiger partial charge in [-0.15, -0.1) is 0 Å². The monoisotopic (exact) mass is 154 g/mol. The zero-order chi connectivity index (χ0) is 8.43. The molecule has 0 unspecified atom stereocenters. The van der Waals surface area contributed by atoms with Crippen molar-refractivity contribution in [1.29, 1.82) is 0 Å². The number of hydrogen-bond donors (Lipinski definition) is 0. The van der Waals surface area contributed by atoms with Gasteiger partial charge in [-0.1, -0.05) is 13.8 Å². The van der Waals surface area contributed by atoms with Crippen LogP contribution in [-0.2, 0) is 0 Å². The van der Waals surface area contributed by atoms with Gasteiger partial charge in [0.25, 0.3) is 0 Å². The molecule has 1 aliphatic rings. The minimum Gasteiger partial charge on any atom is -0.368 e. The first kappa shape index (κ1) is 8.60. The van der Waals surface area contributed by atoms with Crippen molar-refractivity contribution < 1.29 is 0 Å². The van der Waals surface area contributed by atoms with E-state index >= 15 is 0 Å². The van der Waals surface area contributed by atoms with Crippen LogP contribution >= 0.6 is 0 Å². The molecule has 0 N–H and O–H groups in total. The summed E-state index contributed by atoms with van der Waals surface area (Å²) >= 11 is 0. The second-order valence-electron chi connectivity index (χ2n) is 3.77. The van der Waals surface area contributed by atoms with E-state index in [9.17, 15) is 0 Å². The van der Waals surface area contributed by atoms with Crippen LogP contribution in [0.2, 0.25) is 0 Å². The zero-order valence-corrected chi connectivity index (χ0v) is 7.96. The van der Waals surface area contributed by atoms with Crippen molar-refractivity contribution in [2.75, 3.05) is 27.3 Å². The van der Waals surface area contributed by atoms with Gasteiger partial charge in [0.1, 0.15) is 0 Å². The molecule has 11 heavy (non-hydrogen) atoms. The Labute approximate surface area is 69.5 Å². The average molecular weight is 154 g/mol. The van der Waals surface area contributed by atoms with E-state index < -0.39 is 0 Å². The Morgan fingerprint density at radius 1 is 1.36 bits per heavy atom. The van der Waals surface area contributed by atoms with E-state index in [0.717, 1.165) is 13.2 Å². The molecule has 0 radical (unpaired) electrons. The van der Waals surface area contributed by atoms with Gasteiger partial charge in [0, 0.05) is 19.8 Å². The Morgan fingerprint density at radius 2 is 2.00 bits per heavy atom. The van der Waals surface area contributed by atoms with E-state index in [-0.39, 0.29) is 0 Å². The van der Waals surface area contributed by atoms with Crippen molar-refractivity contribution in [3.8, 4) is 0 Å². The highest BCUT2D eigenvalue weighted by Gasteiger charge is 2.13. The summed E-state index contributed by atoms with van der Waals surface area (Å²) in [6.07, 6.45) is 2.27. The third-order valence-electron chi connectivity index (χ3n) is 2.04. The summed E-state index contributed by atoms with van der Waals surface area (Å²) in [4.78, 5) is 4.56. The van der Waals surface area contributed by atoms with Crippen molar-refractivity contribution in [2.45, 2.75) is 13.8 Å². The summed E-state index contributed by atoms with van der Waals surface area (Å²) in [5.41, 5.74) is 1.53.